The molecule has 2 N–H and O–H groups in total. The zero-order valence-electron chi connectivity index (χ0n) is 13.8. The van der Waals surface area contributed by atoms with Crippen molar-refractivity contribution in [2.75, 3.05) is 31.5 Å². The summed E-state index contributed by atoms with van der Waals surface area (Å²) in [5.41, 5.74) is 1.30. The van der Waals surface area contributed by atoms with Gasteiger partial charge in [0.1, 0.15) is 0 Å². The normalized spacial score (nSPS) is 17.0. The lowest BCUT2D eigenvalue weighted by Gasteiger charge is -2.22. The lowest BCUT2D eigenvalue weighted by molar-refractivity contribution is -0.120. The van der Waals surface area contributed by atoms with Gasteiger partial charge in [-0.3, -0.25) is 9.59 Å². The number of amides is 2. The number of anilines is 1. The highest BCUT2D eigenvalue weighted by atomic mass is 35.5. The fraction of sp³-hybridized carbons (Fsp3) is 0.529. The van der Waals surface area contributed by atoms with Crippen LogP contribution in [0.15, 0.2) is 24.3 Å². The predicted octanol–water partition coefficient (Wildman–Crippen LogP) is 2.53. The van der Waals surface area contributed by atoms with Crippen molar-refractivity contribution in [1.82, 2.24) is 10.2 Å². The molecule has 1 heterocycles. The van der Waals surface area contributed by atoms with Gasteiger partial charge in [-0.15, -0.1) is 12.4 Å². The van der Waals surface area contributed by atoms with Gasteiger partial charge in [-0.25, -0.2) is 0 Å². The summed E-state index contributed by atoms with van der Waals surface area (Å²) in [5, 5.41) is 6.17. The van der Waals surface area contributed by atoms with Gasteiger partial charge in [0.05, 0.1) is 5.92 Å². The first-order chi connectivity index (χ1) is 10.7. The van der Waals surface area contributed by atoms with E-state index in [0.717, 1.165) is 25.9 Å². The van der Waals surface area contributed by atoms with Crippen LogP contribution in [0.5, 0.6) is 0 Å². The first-order valence-electron chi connectivity index (χ1n) is 8.06. The fourth-order valence-corrected chi connectivity index (χ4v) is 2.74. The van der Waals surface area contributed by atoms with Gasteiger partial charge in [0.25, 0.3) is 5.91 Å². The molecule has 1 saturated heterocycles. The molecule has 1 aliphatic heterocycles. The molecule has 0 saturated carbocycles. The minimum Gasteiger partial charge on any atom is -0.339 e. The van der Waals surface area contributed by atoms with Crippen LogP contribution in [-0.4, -0.2) is 42.9 Å². The number of carbonyl (C=O) groups excluding carboxylic acids is 2. The van der Waals surface area contributed by atoms with Crippen molar-refractivity contribution < 1.29 is 9.59 Å². The second-order valence-electron chi connectivity index (χ2n) is 5.59. The first-order valence-corrected chi connectivity index (χ1v) is 8.06. The fourth-order valence-electron chi connectivity index (χ4n) is 2.74. The van der Waals surface area contributed by atoms with Gasteiger partial charge in [-0.2, -0.15) is 0 Å². The van der Waals surface area contributed by atoms with E-state index in [0.29, 0.717) is 24.3 Å². The Morgan fingerprint density at radius 1 is 1.30 bits per heavy atom. The number of rotatable bonds is 5. The molecule has 5 nitrogen and oxygen atoms in total. The third-order valence-corrected chi connectivity index (χ3v) is 4.10. The molecule has 1 aromatic carbocycles. The minimum absolute atomic E-state index is 0. The Labute approximate surface area is 144 Å². The van der Waals surface area contributed by atoms with Gasteiger partial charge in [0.2, 0.25) is 5.91 Å². The van der Waals surface area contributed by atoms with Crippen LogP contribution in [0.1, 0.15) is 37.0 Å². The minimum atomic E-state index is 0. The molecule has 0 radical (unpaired) electrons. The maximum atomic E-state index is 12.3. The van der Waals surface area contributed by atoms with Gasteiger partial charge >= 0.3 is 0 Å². The van der Waals surface area contributed by atoms with E-state index in [9.17, 15) is 9.59 Å². The molecule has 1 aliphatic rings. The lowest BCUT2D eigenvalue weighted by Crippen LogP contribution is -2.37. The number of halogens is 1. The Morgan fingerprint density at radius 3 is 2.65 bits per heavy atom. The standard InChI is InChI=1S/C17H25N3O2.ClH/c1-3-20(4-2)17(22)13-7-5-9-15(11-13)19-16(21)14-8-6-10-18-12-14;/h5,7,9,11,14,18H,3-4,6,8,10,12H2,1-2H3,(H,19,21);1H. The molecule has 23 heavy (non-hydrogen) atoms. The van der Waals surface area contributed by atoms with E-state index >= 15 is 0 Å². The van der Waals surface area contributed by atoms with Crippen molar-refractivity contribution >= 4 is 29.9 Å². The van der Waals surface area contributed by atoms with Crippen LogP contribution in [0.25, 0.3) is 0 Å². The zero-order chi connectivity index (χ0) is 15.9. The Hall–Kier alpha value is -1.59. The van der Waals surface area contributed by atoms with Gasteiger partial charge in [-0.1, -0.05) is 6.07 Å². The van der Waals surface area contributed by atoms with Gasteiger partial charge in [0.15, 0.2) is 0 Å². The maximum Gasteiger partial charge on any atom is 0.253 e. The zero-order valence-corrected chi connectivity index (χ0v) is 14.6. The van der Waals surface area contributed by atoms with Crippen LogP contribution in [-0.2, 0) is 4.79 Å². The van der Waals surface area contributed by atoms with Crippen molar-refractivity contribution in [2.24, 2.45) is 5.92 Å². The Morgan fingerprint density at radius 2 is 2.04 bits per heavy atom. The number of hydrogen-bond donors (Lipinski definition) is 2. The average molecular weight is 340 g/mol. The van der Waals surface area contributed by atoms with Crippen LogP contribution < -0.4 is 10.6 Å². The van der Waals surface area contributed by atoms with Crippen molar-refractivity contribution in [2.45, 2.75) is 26.7 Å². The number of piperidine rings is 1. The molecule has 0 bridgehead atoms. The highest BCUT2D eigenvalue weighted by molar-refractivity contribution is 5.97. The SMILES string of the molecule is CCN(CC)C(=O)c1cccc(NC(=O)C2CCCNC2)c1.Cl. The second kappa shape index (κ2) is 9.53. The lowest BCUT2D eigenvalue weighted by atomic mass is 9.98. The monoisotopic (exact) mass is 339 g/mol. The van der Waals surface area contributed by atoms with Crippen LogP contribution in [0.4, 0.5) is 5.69 Å². The Balaban J connectivity index is 0.00000264. The molecule has 1 atom stereocenters. The van der Waals surface area contributed by atoms with Gasteiger partial charge < -0.3 is 15.5 Å². The van der Waals surface area contributed by atoms with Crippen LogP contribution in [0.3, 0.4) is 0 Å². The van der Waals surface area contributed by atoms with E-state index in [1.54, 1.807) is 17.0 Å². The molecule has 2 amide bonds. The number of nitrogens with zero attached hydrogens (tertiary/aromatic N) is 1. The van der Waals surface area contributed by atoms with E-state index in [4.69, 9.17) is 0 Å². The topological polar surface area (TPSA) is 61.4 Å². The van der Waals surface area contributed by atoms with Crippen molar-refractivity contribution in [3.63, 3.8) is 0 Å². The molecule has 0 aliphatic carbocycles. The summed E-state index contributed by atoms with van der Waals surface area (Å²) in [5.74, 6) is 0.0379. The summed E-state index contributed by atoms with van der Waals surface area (Å²) in [4.78, 5) is 26.4. The van der Waals surface area contributed by atoms with Crippen LogP contribution >= 0.6 is 12.4 Å². The molecular weight excluding hydrogens is 314 g/mol. The summed E-state index contributed by atoms with van der Waals surface area (Å²) in [6.07, 6.45) is 1.94. The predicted molar refractivity (Wildman–Crippen MR) is 95.2 cm³/mol. The first kappa shape index (κ1) is 19.5. The molecule has 1 aromatic rings. The van der Waals surface area contributed by atoms with Crippen molar-refractivity contribution in [1.29, 1.82) is 0 Å². The molecule has 2 rings (SSSR count). The summed E-state index contributed by atoms with van der Waals surface area (Å²) in [6, 6.07) is 7.19. The molecule has 1 fully saturated rings. The van der Waals surface area contributed by atoms with Crippen LogP contribution in [0, 0.1) is 5.92 Å². The van der Waals surface area contributed by atoms with Gasteiger partial charge in [-0.05, 0) is 51.4 Å². The summed E-state index contributed by atoms with van der Waals surface area (Å²) in [7, 11) is 0. The Kier molecular flexibility index (Phi) is 8.06. The number of carbonyl (C=O) groups is 2. The molecule has 6 heteroatoms. The summed E-state index contributed by atoms with van der Waals surface area (Å²) >= 11 is 0. The third-order valence-electron chi connectivity index (χ3n) is 4.10. The second-order valence-corrected chi connectivity index (χ2v) is 5.59. The molecular formula is C17H26ClN3O2. The quantitative estimate of drug-likeness (QED) is 0.866. The summed E-state index contributed by atoms with van der Waals surface area (Å²) in [6.45, 7) is 6.99. The number of hydrogen-bond acceptors (Lipinski definition) is 3. The third kappa shape index (κ3) is 5.22. The van der Waals surface area contributed by atoms with E-state index in [1.807, 2.05) is 26.0 Å². The molecule has 0 spiro atoms. The van der Waals surface area contributed by atoms with Gasteiger partial charge in [0, 0.05) is 30.9 Å². The molecule has 1 unspecified atom stereocenters. The molecule has 128 valence electrons. The molecule has 0 aromatic heterocycles. The summed E-state index contributed by atoms with van der Waals surface area (Å²) < 4.78 is 0. The largest absolute Gasteiger partial charge is 0.339 e. The van der Waals surface area contributed by atoms with E-state index in [2.05, 4.69) is 10.6 Å². The van der Waals surface area contributed by atoms with Crippen molar-refractivity contribution in [3.05, 3.63) is 29.8 Å². The van der Waals surface area contributed by atoms with E-state index in [1.165, 1.54) is 0 Å². The Bertz CT molecular complexity index is 526. The van der Waals surface area contributed by atoms with E-state index in [-0.39, 0.29) is 30.1 Å². The van der Waals surface area contributed by atoms with Crippen molar-refractivity contribution in [3.8, 4) is 0 Å². The average Bonchev–Trinajstić information content (AvgIpc) is 2.57. The van der Waals surface area contributed by atoms with E-state index < -0.39 is 0 Å². The smallest absolute Gasteiger partial charge is 0.253 e. The number of benzene rings is 1. The van der Waals surface area contributed by atoms with Crippen LogP contribution in [0.2, 0.25) is 0 Å². The maximum absolute atomic E-state index is 12.3. The highest BCUT2D eigenvalue weighted by Gasteiger charge is 2.21. The highest BCUT2D eigenvalue weighted by Crippen LogP contribution is 2.16. The number of nitrogens with one attached hydrogen (secondary N) is 2.